The molecule has 3 nitrogen and oxygen atoms in total. The van der Waals surface area contributed by atoms with E-state index in [0.29, 0.717) is 11.8 Å². The van der Waals surface area contributed by atoms with E-state index in [4.69, 9.17) is 17.3 Å². The molecule has 1 aliphatic heterocycles. The van der Waals surface area contributed by atoms with Gasteiger partial charge in [0.1, 0.15) is 11.4 Å². The predicted octanol–water partition coefficient (Wildman–Crippen LogP) is 2.94. The van der Waals surface area contributed by atoms with E-state index in [1.54, 1.807) is 0 Å². The van der Waals surface area contributed by atoms with Gasteiger partial charge in [0.05, 0.1) is 6.04 Å². The molecule has 7 unspecified atom stereocenters. The van der Waals surface area contributed by atoms with Crippen molar-refractivity contribution in [2.24, 2.45) is 34.4 Å². The maximum Gasteiger partial charge on any atom is 0.129 e. The molecule has 20 heavy (non-hydrogen) atoms. The SMILES string of the molecule is CC1CCC(C2(O)C(N)=NC3CCC(Cl)CC32)C(C)C1. The van der Waals surface area contributed by atoms with Crippen molar-refractivity contribution in [2.75, 3.05) is 0 Å². The summed E-state index contributed by atoms with van der Waals surface area (Å²) in [5, 5.41) is 11.6. The number of aliphatic hydroxyl groups is 1. The molecule has 0 saturated heterocycles. The number of amidine groups is 1. The average Bonchev–Trinajstić information content (AvgIpc) is 2.63. The Morgan fingerprint density at radius 3 is 2.60 bits per heavy atom. The number of hydrogen-bond acceptors (Lipinski definition) is 3. The molecule has 3 aliphatic rings. The van der Waals surface area contributed by atoms with Crippen LogP contribution in [0.5, 0.6) is 0 Å². The van der Waals surface area contributed by atoms with Crippen molar-refractivity contribution in [1.82, 2.24) is 0 Å². The lowest BCUT2D eigenvalue weighted by molar-refractivity contribution is -0.0535. The number of fused-ring (bicyclic) bond motifs is 1. The van der Waals surface area contributed by atoms with E-state index in [1.807, 2.05) is 0 Å². The van der Waals surface area contributed by atoms with Gasteiger partial charge >= 0.3 is 0 Å². The second kappa shape index (κ2) is 5.17. The van der Waals surface area contributed by atoms with Gasteiger partial charge in [-0.3, -0.25) is 4.99 Å². The Hall–Kier alpha value is -0.280. The number of nitrogens with zero attached hydrogens (tertiary/aromatic N) is 1. The molecule has 0 spiro atoms. The van der Waals surface area contributed by atoms with Gasteiger partial charge in [0.2, 0.25) is 0 Å². The number of halogens is 1. The Morgan fingerprint density at radius 2 is 1.90 bits per heavy atom. The fourth-order valence-corrected chi connectivity index (χ4v) is 5.30. The first-order valence-corrected chi connectivity index (χ1v) is 8.56. The third-order valence-corrected chi connectivity index (χ3v) is 6.42. The molecule has 2 fully saturated rings. The Morgan fingerprint density at radius 1 is 1.15 bits per heavy atom. The standard InChI is InChI=1S/C16H27ClN2O/c1-9-3-5-12(10(2)7-9)16(20)13-8-11(17)4-6-14(13)19-15(16)18/h9-14,20H,3-8H2,1-2H3,(H2,18,19). The molecular weight excluding hydrogens is 272 g/mol. The summed E-state index contributed by atoms with van der Waals surface area (Å²) in [5.41, 5.74) is 5.30. The van der Waals surface area contributed by atoms with Crippen LogP contribution in [0, 0.1) is 23.7 Å². The van der Waals surface area contributed by atoms with Gasteiger partial charge in [-0.05, 0) is 49.9 Å². The Kier molecular flexibility index (Phi) is 3.79. The lowest BCUT2D eigenvalue weighted by atomic mass is 9.61. The maximum atomic E-state index is 11.4. The number of rotatable bonds is 1. The fourth-order valence-electron chi connectivity index (χ4n) is 4.99. The Balaban J connectivity index is 1.87. The third kappa shape index (κ3) is 2.18. The van der Waals surface area contributed by atoms with Crippen LogP contribution >= 0.6 is 11.6 Å². The predicted molar refractivity (Wildman–Crippen MR) is 83.0 cm³/mol. The van der Waals surface area contributed by atoms with Gasteiger partial charge in [0.25, 0.3) is 0 Å². The van der Waals surface area contributed by atoms with Crippen molar-refractivity contribution in [1.29, 1.82) is 0 Å². The summed E-state index contributed by atoms with van der Waals surface area (Å²) in [5.74, 6) is 2.14. The molecule has 3 N–H and O–H groups in total. The van der Waals surface area contributed by atoms with Crippen LogP contribution in [0.1, 0.15) is 52.4 Å². The molecule has 0 aromatic rings. The third-order valence-electron chi connectivity index (χ3n) is 6.03. The van der Waals surface area contributed by atoms with Crippen LogP contribution < -0.4 is 5.73 Å². The van der Waals surface area contributed by atoms with Gasteiger partial charge in [-0.25, -0.2) is 0 Å². The van der Waals surface area contributed by atoms with Crippen LogP contribution in [0.4, 0.5) is 0 Å². The Bertz CT molecular complexity index is 413. The van der Waals surface area contributed by atoms with Crippen molar-refractivity contribution >= 4 is 17.4 Å². The van der Waals surface area contributed by atoms with Gasteiger partial charge in [-0.15, -0.1) is 11.6 Å². The van der Waals surface area contributed by atoms with Crippen LogP contribution in [0.2, 0.25) is 0 Å². The topological polar surface area (TPSA) is 58.6 Å². The molecule has 7 atom stereocenters. The zero-order valence-electron chi connectivity index (χ0n) is 12.6. The van der Waals surface area contributed by atoms with Gasteiger partial charge in [-0.1, -0.05) is 20.3 Å². The van der Waals surface area contributed by atoms with Gasteiger partial charge in [0, 0.05) is 11.3 Å². The first kappa shape index (κ1) is 14.6. The molecule has 0 radical (unpaired) electrons. The number of alkyl halides is 1. The van der Waals surface area contributed by atoms with Gasteiger partial charge < -0.3 is 10.8 Å². The molecule has 0 bridgehead atoms. The summed E-state index contributed by atoms with van der Waals surface area (Å²) in [6.07, 6.45) is 6.25. The molecule has 2 aliphatic carbocycles. The second-order valence-corrected chi connectivity index (χ2v) is 8.04. The minimum atomic E-state index is -0.905. The first-order chi connectivity index (χ1) is 9.42. The van der Waals surface area contributed by atoms with E-state index in [-0.39, 0.29) is 23.3 Å². The summed E-state index contributed by atoms with van der Waals surface area (Å²) in [4.78, 5) is 4.61. The molecule has 114 valence electrons. The monoisotopic (exact) mass is 298 g/mol. The van der Waals surface area contributed by atoms with E-state index in [9.17, 15) is 5.11 Å². The first-order valence-electron chi connectivity index (χ1n) is 8.13. The number of nitrogens with two attached hydrogens (primary N) is 1. The van der Waals surface area contributed by atoms with Crippen molar-refractivity contribution in [3.63, 3.8) is 0 Å². The van der Waals surface area contributed by atoms with Crippen molar-refractivity contribution < 1.29 is 5.11 Å². The second-order valence-electron chi connectivity index (χ2n) is 7.43. The highest BCUT2D eigenvalue weighted by Gasteiger charge is 2.57. The van der Waals surface area contributed by atoms with Crippen molar-refractivity contribution in [3.8, 4) is 0 Å². The molecular formula is C16H27ClN2O. The smallest absolute Gasteiger partial charge is 0.129 e. The largest absolute Gasteiger partial charge is 0.385 e. The van der Waals surface area contributed by atoms with Gasteiger partial charge in [0.15, 0.2) is 0 Å². The lowest BCUT2D eigenvalue weighted by Crippen LogP contribution is -2.57. The van der Waals surface area contributed by atoms with Crippen LogP contribution in [0.25, 0.3) is 0 Å². The lowest BCUT2D eigenvalue weighted by Gasteiger charge is -2.46. The number of aliphatic imine (C=N–C) groups is 1. The number of hydrogen-bond donors (Lipinski definition) is 2. The molecule has 2 saturated carbocycles. The molecule has 0 amide bonds. The zero-order valence-corrected chi connectivity index (χ0v) is 13.3. The minimum absolute atomic E-state index is 0.139. The quantitative estimate of drug-likeness (QED) is 0.731. The van der Waals surface area contributed by atoms with Crippen LogP contribution in [0.15, 0.2) is 4.99 Å². The Labute approximate surface area is 127 Å². The van der Waals surface area contributed by atoms with E-state index >= 15 is 0 Å². The van der Waals surface area contributed by atoms with E-state index < -0.39 is 5.60 Å². The normalized spacial score (nSPS) is 52.5. The molecule has 0 aromatic heterocycles. The summed E-state index contributed by atoms with van der Waals surface area (Å²) in [7, 11) is 0. The van der Waals surface area contributed by atoms with E-state index in [2.05, 4.69) is 18.8 Å². The highest BCUT2D eigenvalue weighted by Crippen LogP contribution is 2.50. The van der Waals surface area contributed by atoms with Crippen molar-refractivity contribution in [3.05, 3.63) is 0 Å². The molecule has 0 aromatic carbocycles. The minimum Gasteiger partial charge on any atom is -0.385 e. The van der Waals surface area contributed by atoms with E-state index in [0.717, 1.165) is 31.6 Å². The summed E-state index contributed by atoms with van der Waals surface area (Å²) >= 11 is 6.35. The summed E-state index contributed by atoms with van der Waals surface area (Å²) in [6.45, 7) is 4.57. The van der Waals surface area contributed by atoms with E-state index in [1.165, 1.54) is 12.8 Å². The summed E-state index contributed by atoms with van der Waals surface area (Å²) < 4.78 is 0. The fraction of sp³-hybridized carbons (Fsp3) is 0.938. The van der Waals surface area contributed by atoms with Crippen LogP contribution in [-0.2, 0) is 0 Å². The zero-order chi connectivity index (χ0) is 14.5. The molecule has 1 heterocycles. The highest BCUT2D eigenvalue weighted by atomic mass is 35.5. The van der Waals surface area contributed by atoms with Gasteiger partial charge in [-0.2, -0.15) is 0 Å². The van der Waals surface area contributed by atoms with Crippen molar-refractivity contribution in [2.45, 2.75) is 69.4 Å². The maximum absolute atomic E-state index is 11.4. The summed E-state index contributed by atoms with van der Waals surface area (Å²) in [6, 6.07) is 0.196. The molecule has 3 rings (SSSR count). The van der Waals surface area contributed by atoms with Crippen LogP contribution in [0.3, 0.4) is 0 Å². The average molecular weight is 299 g/mol. The molecule has 4 heteroatoms. The van der Waals surface area contributed by atoms with Crippen LogP contribution in [-0.4, -0.2) is 28.0 Å². The highest BCUT2D eigenvalue weighted by molar-refractivity contribution is 6.20.